The number of ether oxygens (including phenoxy) is 1. The van der Waals surface area contributed by atoms with Gasteiger partial charge in [0.15, 0.2) is 0 Å². The van der Waals surface area contributed by atoms with E-state index in [1.54, 1.807) is 6.20 Å². The molecule has 1 unspecified atom stereocenters. The zero-order chi connectivity index (χ0) is 13.4. The molecule has 0 fully saturated rings. The smallest absolute Gasteiger partial charge is 0.315 e. The van der Waals surface area contributed by atoms with Crippen LogP contribution >= 0.6 is 0 Å². The Balaban J connectivity index is 2.51. The Bertz CT molecular complexity index is 382. The summed E-state index contributed by atoms with van der Waals surface area (Å²) in [6.45, 7) is 7.02. The lowest BCUT2D eigenvalue weighted by atomic mass is 10.2. The van der Waals surface area contributed by atoms with Crippen LogP contribution in [0.3, 0.4) is 0 Å². The molecule has 1 aromatic rings. The number of rotatable bonds is 6. The Morgan fingerprint density at radius 2 is 2.22 bits per heavy atom. The molecule has 5 nitrogen and oxygen atoms in total. The second-order valence-corrected chi connectivity index (χ2v) is 4.05. The molecule has 0 aromatic carbocycles. The maximum absolute atomic E-state index is 11.3. The van der Waals surface area contributed by atoms with E-state index in [1.807, 2.05) is 26.0 Å². The molecule has 0 aliphatic carbocycles. The van der Waals surface area contributed by atoms with Crippen LogP contribution in [0.5, 0.6) is 5.88 Å². The van der Waals surface area contributed by atoms with Gasteiger partial charge in [-0.2, -0.15) is 0 Å². The van der Waals surface area contributed by atoms with Crippen molar-refractivity contribution in [2.24, 2.45) is 0 Å². The van der Waals surface area contributed by atoms with Gasteiger partial charge in [-0.1, -0.05) is 6.92 Å². The average Bonchev–Trinajstić information content (AvgIpc) is 2.37. The molecule has 1 rings (SSSR count). The van der Waals surface area contributed by atoms with Gasteiger partial charge >= 0.3 is 6.03 Å². The molecule has 18 heavy (non-hydrogen) atoms. The molecule has 0 radical (unpaired) electrons. The molecule has 2 amide bonds. The van der Waals surface area contributed by atoms with Gasteiger partial charge in [0.1, 0.15) is 0 Å². The Morgan fingerprint density at radius 1 is 1.44 bits per heavy atom. The van der Waals surface area contributed by atoms with Crippen LogP contribution < -0.4 is 15.4 Å². The molecular formula is C13H21N3O2. The molecule has 0 aliphatic rings. The van der Waals surface area contributed by atoms with E-state index >= 15 is 0 Å². The van der Waals surface area contributed by atoms with Crippen LogP contribution in [-0.2, 0) is 6.54 Å². The number of amides is 2. The van der Waals surface area contributed by atoms with E-state index in [0.717, 1.165) is 12.0 Å². The predicted molar refractivity (Wildman–Crippen MR) is 70.5 cm³/mol. The maximum atomic E-state index is 11.3. The van der Waals surface area contributed by atoms with Gasteiger partial charge < -0.3 is 15.4 Å². The van der Waals surface area contributed by atoms with Gasteiger partial charge in [0.25, 0.3) is 0 Å². The van der Waals surface area contributed by atoms with Gasteiger partial charge in [-0.25, -0.2) is 9.78 Å². The summed E-state index contributed by atoms with van der Waals surface area (Å²) in [6.07, 6.45) is 2.76. The second kappa shape index (κ2) is 7.53. The van der Waals surface area contributed by atoms with Crippen molar-refractivity contribution in [3.05, 3.63) is 23.9 Å². The maximum Gasteiger partial charge on any atom is 0.315 e. The number of pyridine rings is 1. The minimum absolute atomic E-state index is 0.143. The quantitative estimate of drug-likeness (QED) is 0.813. The molecule has 0 saturated heterocycles. The van der Waals surface area contributed by atoms with E-state index in [1.165, 1.54) is 0 Å². The van der Waals surface area contributed by atoms with Crippen LogP contribution in [0.2, 0.25) is 0 Å². The lowest BCUT2D eigenvalue weighted by Gasteiger charge is -2.12. The van der Waals surface area contributed by atoms with Crippen LogP contribution in [0.25, 0.3) is 0 Å². The molecule has 0 saturated carbocycles. The highest BCUT2D eigenvalue weighted by Gasteiger charge is 2.04. The third-order valence-electron chi connectivity index (χ3n) is 2.49. The SMILES string of the molecule is CCNC(=O)NCc1ccnc(OC(C)CC)c1. The number of nitrogens with one attached hydrogen (secondary N) is 2. The normalized spacial score (nSPS) is 11.7. The second-order valence-electron chi connectivity index (χ2n) is 4.05. The molecule has 2 N–H and O–H groups in total. The first-order valence-electron chi connectivity index (χ1n) is 6.29. The van der Waals surface area contributed by atoms with E-state index in [2.05, 4.69) is 22.5 Å². The fourth-order valence-electron chi connectivity index (χ4n) is 1.32. The highest BCUT2D eigenvalue weighted by atomic mass is 16.5. The lowest BCUT2D eigenvalue weighted by Crippen LogP contribution is -2.34. The van der Waals surface area contributed by atoms with Crippen molar-refractivity contribution in [3.63, 3.8) is 0 Å². The molecule has 1 heterocycles. The summed E-state index contributed by atoms with van der Waals surface area (Å²) >= 11 is 0. The van der Waals surface area contributed by atoms with Crippen molar-refractivity contribution >= 4 is 6.03 Å². The zero-order valence-electron chi connectivity index (χ0n) is 11.2. The number of hydrogen-bond donors (Lipinski definition) is 2. The summed E-state index contributed by atoms with van der Waals surface area (Å²) < 4.78 is 5.62. The van der Waals surface area contributed by atoms with Crippen molar-refractivity contribution in [2.45, 2.75) is 39.8 Å². The van der Waals surface area contributed by atoms with Crippen molar-refractivity contribution < 1.29 is 9.53 Å². The molecule has 5 heteroatoms. The van der Waals surface area contributed by atoms with E-state index in [9.17, 15) is 4.79 Å². The topological polar surface area (TPSA) is 63.2 Å². The van der Waals surface area contributed by atoms with Gasteiger partial charge in [-0.3, -0.25) is 0 Å². The molecule has 0 spiro atoms. The third-order valence-corrected chi connectivity index (χ3v) is 2.49. The van der Waals surface area contributed by atoms with Gasteiger partial charge in [0.05, 0.1) is 6.10 Å². The van der Waals surface area contributed by atoms with E-state index in [-0.39, 0.29) is 12.1 Å². The third kappa shape index (κ3) is 5.03. The van der Waals surface area contributed by atoms with Gasteiger partial charge in [-0.05, 0) is 31.9 Å². The van der Waals surface area contributed by atoms with Gasteiger partial charge in [-0.15, -0.1) is 0 Å². The zero-order valence-corrected chi connectivity index (χ0v) is 11.2. The van der Waals surface area contributed by atoms with Crippen LogP contribution in [0.4, 0.5) is 4.79 Å². The number of urea groups is 1. The number of carbonyl (C=O) groups is 1. The fourth-order valence-corrected chi connectivity index (χ4v) is 1.32. The van der Waals surface area contributed by atoms with E-state index < -0.39 is 0 Å². The highest BCUT2D eigenvalue weighted by Crippen LogP contribution is 2.12. The minimum Gasteiger partial charge on any atom is -0.475 e. The summed E-state index contributed by atoms with van der Waals surface area (Å²) in [5.41, 5.74) is 0.967. The fraction of sp³-hybridized carbons (Fsp3) is 0.538. The molecule has 1 atom stereocenters. The Labute approximate surface area is 108 Å². The Kier molecular flexibility index (Phi) is 5.97. The molecule has 100 valence electrons. The molecule has 0 aliphatic heterocycles. The highest BCUT2D eigenvalue weighted by molar-refractivity contribution is 5.73. The minimum atomic E-state index is -0.168. The summed E-state index contributed by atoms with van der Waals surface area (Å²) in [5, 5.41) is 5.44. The van der Waals surface area contributed by atoms with Crippen LogP contribution in [-0.4, -0.2) is 23.7 Å². The number of aromatic nitrogens is 1. The molecule has 1 aromatic heterocycles. The predicted octanol–water partition coefficient (Wildman–Crippen LogP) is 2.08. The Hall–Kier alpha value is -1.78. The summed E-state index contributed by atoms with van der Waals surface area (Å²) in [7, 11) is 0. The lowest BCUT2D eigenvalue weighted by molar-refractivity contribution is 0.208. The molecule has 0 bridgehead atoms. The number of nitrogens with zero attached hydrogens (tertiary/aromatic N) is 1. The van der Waals surface area contributed by atoms with Crippen molar-refractivity contribution in [3.8, 4) is 5.88 Å². The average molecular weight is 251 g/mol. The first-order chi connectivity index (χ1) is 8.65. The summed E-state index contributed by atoms with van der Waals surface area (Å²) in [5.74, 6) is 0.597. The standard InChI is InChI=1S/C13H21N3O2/c1-4-10(3)18-12-8-11(6-7-15-12)9-16-13(17)14-5-2/h6-8,10H,4-5,9H2,1-3H3,(H2,14,16,17). The van der Waals surface area contributed by atoms with Crippen LogP contribution in [0, 0.1) is 0 Å². The first kappa shape index (κ1) is 14.3. The van der Waals surface area contributed by atoms with E-state index in [0.29, 0.717) is 19.0 Å². The summed E-state index contributed by atoms with van der Waals surface area (Å²) in [4.78, 5) is 15.4. The molecular weight excluding hydrogens is 230 g/mol. The first-order valence-corrected chi connectivity index (χ1v) is 6.29. The van der Waals surface area contributed by atoms with Gasteiger partial charge in [0, 0.05) is 25.4 Å². The van der Waals surface area contributed by atoms with Crippen molar-refractivity contribution in [1.82, 2.24) is 15.6 Å². The number of carbonyl (C=O) groups excluding carboxylic acids is 1. The van der Waals surface area contributed by atoms with Crippen molar-refractivity contribution in [2.75, 3.05) is 6.54 Å². The van der Waals surface area contributed by atoms with Crippen LogP contribution in [0.1, 0.15) is 32.8 Å². The van der Waals surface area contributed by atoms with Crippen molar-refractivity contribution in [1.29, 1.82) is 0 Å². The van der Waals surface area contributed by atoms with Crippen LogP contribution in [0.15, 0.2) is 18.3 Å². The van der Waals surface area contributed by atoms with Gasteiger partial charge in [0.2, 0.25) is 5.88 Å². The largest absolute Gasteiger partial charge is 0.475 e. The van der Waals surface area contributed by atoms with E-state index in [4.69, 9.17) is 4.74 Å². The Morgan fingerprint density at radius 3 is 2.89 bits per heavy atom. The number of hydrogen-bond acceptors (Lipinski definition) is 3. The summed E-state index contributed by atoms with van der Waals surface area (Å²) in [6, 6.07) is 3.53. The monoisotopic (exact) mass is 251 g/mol.